The molecule has 0 aromatic rings. The van der Waals surface area contributed by atoms with E-state index in [4.69, 9.17) is 4.74 Å². The molecule has 4 heteroatoms. The summed E-state index contributed by atoms with van der Waals surface area (Å²) in [5.74, 6) is 0.954. The summed E-state index contributed by atoms with van der Waals surface area (Å²) in [6.07, 6.45) is 5.26. The van der Waals surface area contributed by atoms with E-state index in [1.54, 1.807) is 0 Å². The van der Waals surface area contributed by atoms with Gasteiger partial charge in [-0.15, -0.1) is 0 Å². The van der Waals surface area contributed by atoms with Crippen molar-refractivity contribution in [2.24, 2.45) is 4.99 Å². The third-order valence-corrected chi connectivity index (χ3v) is 2.74. The van der Waals surface area contributed by atoms with Crippen molar-refractivity contribution in [1.82, 2.24) is 10.6 Å². The average molecular weight is 211 g/mol. The molecule has 0 bridgehead atoms. The number of rotatable bonds is 4. The topological polar surface area (TPSA) is 45.7 Å². The summed E-state index contributed by atoms with van der Waals surface area (Å²) in [6, 6.07) is 0.660. The van der Waals surface area contributed by atoms with Crippen molar-refractivity contribution in [3.05, 3.63) is 0 Å². The second kappa shape index (κ2) is 5.35. The first-order valence-electron chi connectivity index (χ1n) is 6.05. The zero-order valence-electron chi connectivity index (χ0n) is 9.46. The molecule has 86 valence electrons. The standard InChI is InChI=1S/C11H21N3O/c1-2-12-11(14-9-5-6-9)13-8-10-4-3-7-15-10/h9-10H,2-8H2,1H3,(H2,12,13,14). The van der Waals surface area contributed by atoms with Gasteiger partial charge >= 0.3 is 0 Å². The van der Waals surface area contributed by atoms with E-state index in [1.807, 2.05) is 0 Å². The number of hydrogen-bond acceptors (Lipinski definition) is 2. The van der Waals surface area contributed by atoms with Crippen LogP contribution in [0.25, 0.3) is 0 Å². The van der Waals surface area contributed by atoms with Gasteiger partial charge in [0.25, 0.3) is 0 Å². The fraction of sp³-hybridized carbons (Fsp3) is 0.909. The molecule has 0 aromatic heterocycles. The quantitative estimate of drug-likeness (QED) is 0.536. The van der Waals surface area contributed by atoms with Gasteiger partial charge in [-0.2, -0.15) is 0 Å². The highest BCUT2D eigenvalue weighted by Gasteiger charge is 2.22. The smallest absolute Gasteiger partial charge is 0.191 e. The minimum atomic E-state index is 0.347. The third-order valence-electron chi connectivity index (χ3n) is 2.74. The maximum Gasteiger partial charge on any atom is 0.191 e. The van der Waals surface area contributed by atoms with Crippen LogP contribution in [0.3, 0.4) is 0 Å². The molecular formula is C11H21N3O. The van der Waals surface area contributed by atoms with Gasteiger partial charge in [-0.25, -0.2) is 0 Å². The van der Waals surface area contributed by atoms with Crippen LogP contribution in [0.1, 0.15) is 32.6 Å². The third kappa shape index (κ3) is 3.70. The molecule has 2 fully saturated rings. The van der Waals surface area contributed by atoms with Crippen molar-refractivity contribution in [2.75, 3.05) is 19.7 Å². The molecule has 2 rings (SSSR count). The van der Waals surface area contributed by atoms with Gasteiger partial charge in [-0.05, 0) is 32.6 Å². The Morgan fingerprint density at radius 1 is 1.40 bits per heavy atom. The molecule has 1 atom stereocenters. The van der Waals surface area contributed by atoms with Crippen molar-refractivity contribution >= 4 is 5.96 Å². The molecule has 1 heterocycles. The monoisotopic (exact) mass is 211 g/mol. The lowest BCUT2D eigenvalue weighted by Crippen LogP contribution is -2.39. The van der Waals surface area contributed by atoms with Crippen molar-refractivity contribution in [3.63, 3.8) is 0 Å². The second-order valence-corrected chi connectivity index (χ2v) is 4.27. The number of aliphatic imine (C=N–C) groups is 1. The number of nitrogens with zero attached hydrogens (tertiary/aromatic N) is 1. The van der Waals surface area contributed by atoms with Crippen LogP contribution in [-0.2, 0) is 4.74 Å². The lowest BCUT2D eigenvalue weighted by atomic mass is 10.2. The Kier molecular flexibility index (Phi) is 3.83. The van der Waals surface area contributed by atoms with Crippen LogP contribution in [0, 0.1) is 0 Å². The largest absolute Gasteiger partial charge is 0.376 e. The lowest BCUT2D eigenvalue weighted by molar-refractivity contribution is 0.117. The fourth-order valence-electron chi connectivity index (χ4n) is 1.72. The van der Waals surface area contributed by atoms with E-state index in [9.17, 15) is 0 Å². The van der Waals surface area contributed by atoms with E-state index in [-0.39, 0.29) is 0 Å². The maximum absolute atomic E-state index is 5.54. The fourth-order valence-corrected chi connectivity index (χ4v) is 1.72. The van der Waals surface area contributed by atoms with Gasteiger partial charge in [-0.1, -0.05) is 0 Å². The van der Waals surface area contributed by atoms with Crippen molar-refractivity contribution in [3.8, 4) is 0 Å². The number of hydrogen-bond donors (Lipinski definition) is 2. The molecular weight excluding hydrogens is 190 g/mol. The van der Waals surface area contributed by atoms with Crippen LogP contribution in [0.15, 0.2) is 4.99 Å². The molecule has 1 saturated heterocycles. The van der Waals surface area contributed by atoms with Gasteiger partial charge in [0.1, 0.15) is 0 Å². The number of ether oxygens (including phenoxy) is 1. The van der Waals surface area contributed by atoms with Gasteiger partial charge in [0.15, 0.2) is 5.96 Å². The highest BCUT2D eigenvalue weighted by atomic mass is 16.5. The summed E-state index contributed by atoms with van der Waals surface area (Å²) < 4.78 is 5.54. The van der Waals surface area contributed by atoms with E-state index in [0.717, 1.165) is 32.1 Å². The van der Waals surface area contributed by atoms with Crippen molar-refractivity contribution in [2.45, 2.75) is 44.8 Å². The van der Waals surface area contributed by atoms with Crippen LogP contribution < -0.4 is 10.6 Å². The molecule has 0 amide bonds. The minimum absolute atomic E-state index is 0.347. The Bertz CT molecular complexity index is 220. The molecule has 2 N–H and O–H groups in total. The number of nitrogens with one attached hydrogen (secondary N) is 2. The normalized spacial score (nSPS) is 26.7. The average Bonchev–Trinajstić information content (AvgIpc) is 2.90. The lowest BCUT2D eigenvalue weighted by Gasteiger charge is -2.11. The maximum atomic E-state index is 5.54. The summed E-state index contributed by atoms with van der Waals surface area (Å²) in [5, 5.41) is 6.66. The van der Waals surface area contributed by atoms with Crippen LogP contribution in [0.2, 0.25) is 0 Å². The minimum Gasteiger partial charge on any atom is -0.376 e. The second-order valence-electron chi connectivity index (χ2n) is 4.27. The first kappa shape index (κ1) is 10.7. The predicted octanol–water partition coefficient (Wildman–Crippen LogP) is 0.883. The van der Waals surface area contributed by atoms with E-state index in [0.29, 0.717) is 12.1 Å². The van der Waals surface area contributed by atoms with Gasteiger partial charge in [-0.3, -0.25) is 4.99 Å². The van der Waals surface area contributed by atoms with E-state index < -0.39 is 0 Å². The Morgan fingerprint density at radius 3 is 2.87 bits per heavy atom. The molecule has 2 aliphatic rings. The Labute approximate surface area is 91.5 Å². The summed E-state index contributed by atoms with van der Waals surface area (Å²) >= 11 is 0. The van der Waals surface area contributed by atoms with E-state index >= 15 is 0 Å². The van der Waals surface area contributed by atoms with E-state index in [2.05, 4.69) is 22.5 Å². The van der Waals surface area contributed by atoms with Crippen LogP contribution >= 0.6 is 0 Å². The molecule has 0 radical (unpaired) electrons. The highest BCUT2D eigenvalue weighted by molar-refractivity contribution is 5.80. The number of guanidine groups is 1. The molecule has 15 heavy (non-hydrogen) atoms. The van der Waals surface area contributed by atoms with E-state index in [1.165, 1.54) is 19.3 Å². The molecule has 1 aliphatic heterocycles. The molecule has 1 aliphatic carbocycles. The zero-order chi connectivity index (χ0) is 10.5. The predicted molar refractivity (Wildman–Crippen MR) is 61.1 cm³/mol. The molecule has 0 spiro atoms. The Balaban J connectivity index is 1.75. The van der Waals surface area contributed by atoms with Crippen molar-refractivity contribution < 1.29 is 4.74 Å². The Morgan fingerprint density at radius 2 is 2.27 bits per heavy atom. The highest BCUT2D eigenvalue weighted by Crippen LogP contribution is 2.18. The SMILES string of the molecule is CCNC(=NCC1CCCO1)NC1CC1. The first-order valence-corrected chi connectivity index (χ1v) is 6.05. The first-order chi connectivity index (χ1) is 7.38. The zero-order valence-corrected chi connectivity index (χ0v) is 9.46. The molecule has 0 aromatic carbocycles. The summed E-state index contributed by atoms with van der Waals surface area (Å²) in [5.41, 5.74) is 0. The molecule has 1 saturated carbocycles. The van der Waals surface area contributed by atoms with Crippen LogP contribution in [-0.4, -0.2) is 37.8 Å². The van der Waals surface area contributed by atoms with Gasteiger partial charge < -0.3 is 15.4 Å². The van der Waals surface area contributed by atoms with Crippen LogP contribution in [0.5, 0.6) is 0 Å². The molecule has 4 nitrogen and oxygen atoms in total. The van der Waals surface area contributed by atoms with Gasteiger partial charge in [0.05, 0.1) is 12.6 Å². The molecule has 1 unspecified atom stereocenters. The summed E-state index contributed by atoms with van der Waals surface area (Å²) in [4.78, 5) is 4.55. The summed E-state index contributed by atoms with van der Waals surface area (Å²) in [7, 11) is 0. The van der Waals surface area contributed by atoms with Gasteiger partial charge in [0, 0.05) is 19.2 Å². The van der Waals surface area contributed by atoms with Gasteiger partial charge in [0.2, 0.25) is 0 Å². The summed E-state index contributed by atoms with van der Waals surface area (Å²) in [6.45, 7) is 4.72. The van der Waals surface area contributed by atoms with Crippen LogP contribution in [0.4, 0.5) is 0 Å². The Hall–Kier alpha value is -0.770. The van der Waals surface area contributed by atoms with Crippen molar-refractivity contribution in [1.29, 1.82) is 0 Å².